The molecule has 0 radical (unpaired) electrons. The molecule has 1 aromatic carbocycles. The summed E-state index contributed by atoms with van der Waals surface area (Å²) in [6, 6.07) is 10.2. The summed E-state index contributed by atoms with van der Waals surface area (Å²) in [5, 5.41) is 23.6. The Balaban J connectivity index is 1.33. The number of aliphatic hydroxyl groups excluding tert-OH is 2. The zero-order chi connectivity index (χ0) is 28.2. The van der Waals surface area contributed by atoms with Crippen LogP contribution in [0, 0.1) is 5.92 Å². The number of anilines is 1. The lowest BCUT2D eigenvalue weighted by Gasteiger charge is -2.36. The molecule has 1 aromatic heterocycles. The van der Waals surface area contributed by atoms with Crippen LogP contribution in [-0.4, -0.2) is 76.8 Å². The highest BCUT2D eigenvalue weighted by Crippen LogP contribution is 2.36. The fourth-order valence-electron chi connectivity index (χ4n) is 5.50. The molecule has 39 heavy (non-hydrogen) atoms. The number of hydrogen-bond donors (Lipinski definition) is 4. The first-order valence-electron chi connectivity index (χ1n) is 13.1. The molecule has 2 fully saturated rings. The predicted molar refractivity (Wildman–Crippen MR) is 148 cm³/mol. The van der Waals surface area contributed by atoms with Gasteiger partial charge in [0.2, 0.25) is 10.0 Å². The monoisotopic (exact) mass is 578 g/mol. The Morgan fingerprint density at radius 3 is 2.56 bits per heavy atom. The Morgan fingerprint density at radius 1 is 1.10 bits per heavy atom. The second-order valence-corrected chi connectivity index (χ2v) is 12.7. The van der Waals surface area contributed by atoms with E-state index in [0.29, 0.717) is 29.1 Å². The van der Waals surface area contributed by atoms with E-state index in [0.717, 1.165) is 44.8 Å². The minimum atomic E-state index is -3.47. The number of pyridine rings is 1. The van der Waals surface area contributed by atoms with E-state index in [1.165, 1.54) is 6.20 Å². The number of rotatable bonds is 9. The molecule has 1 saturated carbocycles. The number of carbonyl (C=O) groups excluding carboxylic acids is 2. The number of sulfonamides is 1. The molecule has 2 heterocycles. The average Bonchev–Trinajstić information content (AvgIpc) is 3.40. The number of benzene rings is 1. The molecule has 0 spiro atoms. The van der Waals surface area contributed by atoms with Crippen molar-refractivity contribution < 1.29 is 28.2 Å². The quantitative estimate of drug-likeness (QED) is 0.333. The minimum Gasteiger partial charge on any atom is -0.380 e. The molecule has 2 amide bonds. The van der Waals surface area contributed by atoms with Crippen LogP contribution >= 0.6 is 11.6 Å². The van der Waals surface area contributed by atoms with Crippen molar-refractivity contribution in [2.45, 2.75) is 68.7 Å². The molecule has 4 rings (SSSR count). The number of halogens is 1. The molecule has 1 saturated heterocycles. The fourth-order valence-corrected chi connectivity index (χ4v) is 6.46. The molecule has 2 aromatic rings. The largest absolute Gasteiger partial charge is 0.380 e. The minimum absolute atomic E-state index is 0.0127. The molecule has 1 aliphatic carbocycles. The molecule has 212 valence electrons. The zero-order valence-electron chi connectivity index (χ0n) is 21.8. The lowest BCUT2D eigenvalue weighted by molar-refractivity contribution is -0.154. The average molecular weight is 579 g/mol. The van der Waals surface area contributed by atoms with Crippen molar-refractivity contribution in [3.8, 4) is 11.3 Å². The highest BCUT2D eigenvalue weighted by molar-refractivity contribution is 7.92. The van der Waals surface area contributed by atoms with Crippen molar-refractivity contribution in [1.82, 2.24) is 15.2 Å². The molecule has 1 aliphatic heterocycles. The van der Waals surface area contributed by atoms with Crippen molar-refractivity contribution in [2.24, 2.45) is 5.92 Å². The normalized spacial score (nSPS) is 23.2. The van der Waals surface area contributed by atoms with Crippen molar-refractivity contribution in [3.05, 3.63) is 48.2 Å². The van der Waals surface area contributed by atoms with Gasteiger partial charge in [0.25, 0.3) is 11.8 Å². The summed E-state index contributed by atoms with van der Waals surface area (Å²) in [5.74, 6) is -1.24. The maximum atomic E-state index is 13.0. The topological polar surface area (TPSA) is 149 Å². The predicted octanol–water partition coefficient (Wildman–Crippen LogP) is 2.25. The molecular weight excluding hydrogens is 544 g/mol. The van der Waals surface area contributed by atoms with E-state index in [9.17, 15) is 28.2 Å². The highest BCUT2D eigenvalue weighted by Gasteiger charge is 2.41. The van der Waals surface area contributed by atoms with Crippen LogP contribution in [0.4, 0.5) is 5.69 Å². The summed E-state index contributed by atoms with van der Waals surface area (Å²) in [5.41, 5.74) is 2.12. The number of carbonyl (C=O) groups is 2. The Morgan fingerprint density at radius 2 is 1.87 bits per heavy atom. The first kappa shape index (κ1) is 29.3. The van der Waals surface area contributed by atoms with Crippen molar-refractivity contribution >= 4 is 39.1 Å². The molecule has 5 atom stereocenters. The second-order valence-electron chi connectivity index (χ2n) is 10.3. The number of nitrogens with one attached hydrogen (secondary N) is 2. The Bertz CT molecular complexity index is 1280. The van der Waals surface area contributed by atoms with Crippen LogP contribution in [0.15, 0.2) is 42.6 Å². The molecule has 12 heteroatoms. The molecule has 4 N–H and O–H groups in total. The molecule has 10 nitrogen and oxygen atoms in total. The number of likely N-dealkylation sites (tertiary alicyclic amines) is 1. The van der Waals surface area contributed by atoms with Gasteiger partial charge in [0.05, 0.1) is 17.6 Å². The highest BCUT2D eigenvalue weighted by atomic mass is 35.5. The number of hydrogen-bond acceptors (Lipinski definition) is 7. The maximum Gasteiger partial charge on any atom is 0.254 e. The van der Waals surface area contributed by atoms with Gasteiger partial charge in [0, 0.05) is 36.3 Å². The number of para-hydroxylation sites is 1. The smallest absolute Gasteiger partial charge is 0.254 e. The van der Waals surface area contributed by atoms with Gasteiger partial charge < -0.3 is 20.4 Å². The third kappa shape index (κ3) is 7.47. The lowest BCUT2D eigenvalue weighted by atomic mass is 9.82. The van der Waals surface area contributed by atoms with Crippen LogP contribution in [0.2, 0.25) is 0 Å². The molecule has 2 aliphatic rings. The van der Waals surface area contributed by atoms with E-state index in [1.807, 2.05) is 0 Å². The Hall–Kier alpha value is -2.73. The van der Waals surface area contributed by atoms with Crippen molar-refractivity contribution in [1.29, 1.82) is 0 Å². The van der Waals surface area contributed by atoms with Gasteiger partial charge in [-0.25, -0.2) is 8.42 Å². The molecule has 2 unspecified atom stereocenters. The van der Waals surface area contributed by atoms with E-state index < -0.39 is 34.0 Å². The fraction of sp³-hybridized carbons (Fsp3) is 0.519. The van der Waals surface area contributed by atoms with Crippen molar-refractivity contribution in [2.75, 3.05) is 17.5 Å². The van der Waals surface area contributed by atoms with E-state index >= 15 is 0 Å². The van der Waals surface area contributed by atoms with Gasteiger partial charge in [0.1, 0.15) is 0 Å². The summed E-state index contributed by atoms with van der Waals surface area (Å²) in [6.45, 7) is 0.498. The van der Waals surface area contributed by atoms with Gasteiger partial charge in [-0.3, -0.25) is 19.3 Å². The molecule has 0 bridgehead atoms. The van der Waals surface area contributed by atoms with Crippen molar-refractivity contribution in [3.63, 3.8) is 0 Å². The maximum absolute atomic E-state index is 13.0. The van der Waals surface area contributed by atoms with E-state index in [-0.39, 0.29) is 23.9 Å². The van der Waals surface area contributed by atoms with Crippen LogP contribution in [0.25, 0.3) is 11.3 Å². The second kappa shape index (κ2) is 12.6. The third-order valence-electron chi connectivity index (χ3n) is 7.39. The summed E-state index contributed by atoms with van der Waals surface area (Å²) in [6.07, 6.45) is 4.22. The van der Waals surface area contributed by atoms with Crippen LogP contribution < -0.4 is 10.0 Å². The van der Waals surface area contributed by atoms with Gasteiger partial charge in [-0.1, -0.05) is 30.7 Å². The SMILES string of the molecule is CS(=O)(=O)Nc1ccccc1-c1ccc(CNC(=O)[C@H](O)[C@@H](O)C(=O)N2CCCC2[C@H]2CCCC(Cl)C2)cn1. The zero-order valence-corrected chi connectivity index (χ0v) is 23.4. The summed E-state index contributed by atoms with van der Waals surface area (Å²) in [7, 11) is -3.47. The Labute approximate surface area is 233 Å². The number of amides is 2. The number of aromatic nitrogens is 1. The summed E-state index contributed by atoms with van der Waals surface area (Å²) >= 11 is 6.35. The van der Waals surface area contributed by atoms with Gasteiger partial charge in [-0.15, -0.1) is 11.6 Å². The standard InChI is InChI=1S/C27H35ClN4O6S/c1-39(37,38)31-22-9-3-2-8-20(22)21-12-11-17(15-29-21)16-30-26(35)24(33)25(34)27(36)32-13-5-10-23(32)18-6-4-7-19(28)14-18/h2-3,8-9,11-12,15,18-19,23-25,31,33-34H,4-7,10,13-14,16H2,1H3,(H,30,35)/t18-,19?,23?,24+,25+/m0/s1. The lowest BCUT2D eigenvalue weighted by Crippen LogP contribution is -2.53. The van der Waals surface area contributed by atoms with E-state index in [1.54, 1.807) is 41.3 Å². The number of nitrogens with zero attached hydrogens (tertiary/aromatic N) is 2. The Kier molecular flexibility index (Phi) is 9.47. The van der Waals surface area contributed by atoms with Gasteiger partial charge in [-0.2, -0.15) is 0 Å². The first-order valence-corrected chi connectivity index (χ1v) is 15.5. The van der Waals surface area contributed by atoms with Gasteiger partial charge >= 0.3 is 0 Å². The van der Waals surface area contributed by atoms with Crippen LogP contribution in [0.5, 0.6) is 0 Å². The van der Waals surface area contributed by atoms with Crippen LogP contribution in [0.3, 0.4) is 0 Å². The summed E-state index contributed by atoms with van der Waals surface area (Å²) in [4.78, 5) is 31.6. The number of aliphatic hydroxyl groups is 2. The van der Waals surface area contributed by atoms with Gasteiger partial charge in [-0.05, 0) is 55.7 Å². The van der Waals surface area contributed by atoms with E-state index in [2.05, 4.69) is 15.0 Å². The molecular formula is C27H35ClN4O6S. The number of alkyl halides is 1. The third-order valence-corrected chi connectivity index (χ3v) is 8.37. The van der Waals surface area contributed by atoms with E-state index in [4.69, 9.17) is 11.6 Å². The van der Waals surface area contributed by atoms with Gasteiger partial charge in [0.15, 0.2) is 12.2 Å². The summed E-state index contributed by atoms with van der Waals surface area (Å²) < 4.78 is 25.8. The first-order chi connectivity index (χ1) is 18.5. The van der Waals surface area contributed by atoms with Crippen LogP contribution in [-0.2, 0) is 26.2 Å². The van der Waals surface area contributed by atoms with Crippen LogP contribution in [0.1, 0.15) is 44.1 Å².